The Morgan fingerprint density at radius 1 is 1.19 bits per heavy atom. The Labute approximate surface area is 187 Å². The molecule has 2 aromatic heterocycles. The van der Waals surface area contributed by atoms with Crippen molar-refractivity contribution >= 4 is 17.5 Å². The van der Waals surface area contributed by atoms with Crippen LogP contribution in [0.2, 0.25) is 0 Å². The summed E-state index contributed by atoms with van der Waals surface area (Å²) >= 11 is 0. The molecule has 166 valence electrons. The van der Waals surface area contributed by atoms with Gasteiger partial charge in [-0.2, -0.15) is 5.10 Å². The molecular weight excluding hydrogens is 404 g/mol. The van der Waals surface area contributed by atoms with Crippen LogP contribution in [0.1, 0.15) is 54.2 Å². The number of fused-ring (bicyclic) bond motifs is 1. The van der Waals surface area contributed by atoms with Crippen molar-refractivity contribution in [1.29, 1.82) is 0 Å². The number of carbonyl (C=O) groups excluding carboxylic acids is 2. The highest BCUT2D eigenvalue weighted by Gasteiger charge is 2.49. The van der Waals surface area contributed by atoms with E-state index in [9.17, 15) is 9.59 Å². The lowest BCUT2D eigenvalue weighted by atomic mass is 9.92. The van der Waals surface area contributed by atoms with Crippen LogP contribution in [-0.2, 0) is 11.3 Å². The molecule has 3 aromatic rings. The third-order valence-electron chi connectivity index (χ3n) is 6.71. The number of carbonyl (C=O) groups is 2. The number of anilines is 1. The van der Waals surface area contributed by atoms with Gasteiger partial charge in [0.25, 0.3) is 5.91 Å². The minimum Gasteiger partial charge on any atom is -0.463 e. The molecule has 2 aliphatic rings. The summed E-state index contributed by atoms with van der Waals surface area (Å²) in [5, 5.41) is 7.83. The van der Waals surface area contributed by atoms with Gasteiger partial charge >= 0.3 is 0 Å². The van der Waals surface area contributed by atoms with Crippen molar-refractivity contribution in [2.75, 3.05) is 4.90 Å². The number of aryl methyl sites for hydroxylation is 2. The van der Waals surface area contributed by atoms with Crippen molar-refractivity contribution in [2.24, 2.45) is 0 Å². The van der Waals surface area contributed by atoms with Crippen LogP contribution in [0, 0.1) is 13.8 Å². The first-order valence-electron chi connectivity index (χ1n) is 11.2. The summed E-state index contributed by atoms with van der Waals surface area (Å²) in [6.07, 6.45) is 5.79. The van der Waals surface area contributed by atoms with Crippen LogP contribution in [0.25, 0.3) is 11.5 Å². The van der Waals surface area contributed by atoms with Crippen molar-refractivity contribution in [2.45, 2.75) is 64.6 Å². The van der Waals surface area contributed by atoms with Gasteiger partial charge in [0.2, 0.25) is 5.91 Å². The van der Waals surface area contributed by atoms with Crippen LogP contribution in [0.15, 0.2) is 47.1 Å². The van der Waals surface area contributed by atoms with E-state index < -0.39 is 5.54 Å². The molecule has 0 saturated heterocycles. The van der Waals surface area contributed by atoms with Crippen LogP contribution in [-0.4, -0.2) is 33.2 Å². The maximum absolute atomic E-state index is 13.9. The van der Waals surface area contributed by atoms with Gasteiger partial charge < -0.3 is 9.73 Å². The fraction of sp³-hybridized carbons (Fsp3) is 0.400. The highest BCUT2D eigenvalue weighted by atomic mass is 16.3. The number of benzene rings is 1. The number of hydrogen-bond acceptors (Lipinski definition) is 4. The first-order chi connectivity index (χ1) is 15.4. The number of amides is 2. The molecule has 1 aliphatic carbocycles. The molecule has 1 aliphatic heterocycles. The zero-order valence-corrected chi connectivity index (χ0v) is 18.7. The predicted octanol–water partition coefficient (Wildman–Crippen LogP) is 4.24. The van der Waals surface area contributed by atoms with Crippen molar-refractivity contribution in [3.05, 3.63) is 59.5 Å². The number of hydrogen-bond donors (Lipinski definition) is 1. The smallest absolute Gasteiger partial charge is 0.277 e. The first kappa shape index (κ1) is 20.5. The number of rotatable bonds is 4. The maximum Gasteiger partial charge on any atom is 0.277 e. The Morgan fingerprint density at radius 2 is 1.97 bits per heavy atom. The predicted molar refractivity (Wildman–Crippen MR) is 121 cm³/mol. The second kappa shape index (κ2) is 7.65. The Balaban J connectivity index is 1.61. The maximum atomic E-state index is 13.9. The number of furan rings is 1. The fourth-order valence-corrected chi connectivity index (χ4v) is 4.88. The van der Waals surface area contributed by atoms with E-state index in [1.54, 1.807) is 28.0 Å². The molecule has 5 rings (SSSR count). The zero-order valence-electron chi connectivity index (χ0n) is 18.7. The molecule has 1 aromatic carbocycles. The molecule has 3 heterocycles. The van der Waals surface area contributed by atoms with Gasteiger partial charge in [0, 0.05) is 17.8 Å². The molecule has 7 heteroatoms. The largest absolute Gasteiger partial charge is 0.463 e. The Hall–Kier alpha value is -3.35. The highest BCUT2D eigenvalue weighted by Crippen LogP contribution is 2.36. The summed E-state index contributed by atoms with van der Waals surface area (Å²) in [6, 6.07) is 11.5. The molecule has 1 N–H and O–H groups in total. The monoisotopic (exact) mass is 432 g/mol. The molecule has 1 unspecified atom stereocenters. The van der Waals surface area contributed by atoms with Gasteiger partial charge in [-0.25, -0.2) is 0 Å². The van der Waals surface area contributed by atoms with Gasteiger partial charge in [0.15, 0.2) is 5.76 Å². The van der Waals surface area contributed by atoms with Gasteiger partial charge in [0.05, 0.1) is 12.8 Å². The first-order valence-corrected chi connectivity index (χ1v) is 11.2. The summed E-state index contributed by atoms with van der Waals surface area (Å²) < 4.78 is 7.14. The van der Waals surface area contributed by atoms with E-state index in [4.69, 9.17) is 4.42 Å². The Bertz CT molecular complexity index is 1170. The van der Waals surface area contributed by atoms with Crippen molar-refractivity contribution < 1.29 is 14.0 Å². The van der Waals surface area contributed by atoms with Gasteiger partial charge in [-0.15, -0.1) is 0 Å². The molecule has 32 heavy (non-hydrogen) atoms. The zero-order chi connectivity index (χ0) is 22.5. The lowest BCUT2D eigenvalue weighted by Crippen LogP contribution is -2.65. The minimum atomic E-state index is -1.11. The van der Waals surface area contributed by atoms with Crippen LogP contribution >= 0.6 is 0 Å². The van der Waals surface area contributed by atoms with Crippen molar-refractivity contribution in [3.8, 4) is 11.5 Å². The van der Waals surface area contributed by atoms with E-state index in [1.165, 1.54) is 0 Å². The van der Waals surface area contributed by atoms with Crippen molar-refractivity contribution in [1.82, 2.24) is 15.1 Å². The molecule has 7 nitrogen and oxygen atoms in total. The number of aromatic nitrogens is 2. The summed E-state index contributed by atoms with van der Waals surface area (Å²) in [4.78, 5) is 29.2. The lowest BCUT2D eigenvalue weighted by molar-refractivity contribution is -0.127. The fourth-order valence-electron chi connectivity index (χ4n) is 4.88. The third-order valence-corrected chi connectivity index (χ3v) is 6.71. The average Bonchev–Trinajstić information content (AvgIpc) is 3.51. The van der Waals surface area contributed by atoms with E-state index in [-0.39, 0.29) is 24.4 Å². The SMILES string of the molecule is Cc1ccc(C)c(N2C(=O)c3cc(-c4ccco4)nn3CC2(C)C(=O)NC2CCCC2)c1. The normalized spacial score (nSPS) is 21.1. The molecule has 0 spiro atoms. The summed E-state index contributed by atoms with van der Waals surface area (Å²) in [5.41, 5.74) is 2.65. The van der Waals surface area contributed by atoms with Crippen molar-refractivity contribution in [3.63, 3.8) is 0 Å². The number of nitrogens with one attached hydrogen (secondary N) is 1. The molecule has 1 atom stereocenters. The molecule has 0 bridgehead atoms. The van der Waals surface area contributed by atoms with Crippen LogP contribution in [0.4, 0.5) is 5.69 Å². The van der Waals surface area contributed by atoms with E-state index in [0.717, 1.165) is 42.5 Å². The lowest BCUT2D eigenvalue weighted by Gasteiger charge is -2.44. The Kier molecular flexibility index (Phi) is 4.92. The average molecular weight is 433 g/mol. The van der Waals surface area contributed by atoms with Crippen LogP contribution < -0.4 is 10.2 Å². The molecular formula is C25H28N4O3. The molecule has 2 amide bonds. The minimum absolute atomic E-state index is 0.139. The second-order valence-corrected chi connectivity index (χ2v) is 9.21. The molecule has 1 saturated carbocycles. The van der Waals surface area contributed by atoms with Gasteiger partial charge in [-0.3, -0.25) is 19.2 Å². The summed E-state index contributed by atoms with van der Waals surface area (Å²) in [6.45, 7) is 6.07. The standard InChI is InChI=1S/C25H28N4O3/c1-16-10-11-17(2)20(13-16)29-23(30)21-14-19(22-9-6-12-32-22)27-28(21)15-25(29,3)24(31)26-18-7-4-5-8-18/h6,9-14,18H,4-5,7-8,15H2,1-3H3,(H,26,31). The van der Waals surface area contributed by atoms with E-state index in [2.05, 4.69) is 10.4 Å². The second-order valence-electron chi connectivity index (χ2n) is 9.21. The molecule has 1 fully saturated rings. The van der Waals surface area contributed by atoms with E-state index in [1.807, 2.05) is 45.0 Å². The highest BCUT2D eigenvalue weighted by molar-refractivity contribution is 6.12. The van der Waals surface area contributed by atoms with E-state index >= 15 is 0 Å². The molecule has 0 radical (unpaired) electrons. The van der Waals surface area contributed by atoms with Gasteiger partial charge in [-0.05, 0) is 62.9 Å². The Morgan fingerprint density at radius 3 is 2.69 bits per heavy atom. The van der Waals surface area contributed by atoms with Crippen LogP contribution in [0.5, 0.6) is 0 Å². The van der Waals surface area contributed by atoms with Gasteiger partial charge in [-0.1, -0.05) is 25.0 Å². The third kappa shape index (κ3) is 3.32. The number of nitrogens with zero attached hydrogens (tertiary/aromatic N) is 3. The summed E-state index contributed by atoms with van der Waals surface area (Å²) in [5.74, 6) is 0.216. The quantitative estimate of drug-likeness (QED) is 0.669. The topological polar surface area (TPSA) is 80.4 Å². The van der Waals surface area contributed by atoms with Gasteiger partial charge in [0.1, 0.15) is 16.9 Å². The van der Waals surface area contributed by atoms with E-state index in [0.29, 0.717) is 17.1 Å². The van der Waals surface area contributed by atoms with Crippen LogP contribution in [0.3, 0.4) is 0 Å². The summed E-state index contributed by atoms with van der Waals surface area (Å²) in [7, 11) is 0.